The van der Waals surface area contributed by atoms with E-state index in [9.17, 15) is 21.6 Å². The molecule has 0 unspecified atom stereocenters. The maximum atomic E-state index is 11.7. The minimum Gasteiger partial charge on any atom is -0.481 e. The standard InChI is InChI=1S/C10H15N3O6S2/c11-21(18,19)13-9-4-1-3-8(7-9)12-20(16,17)6-2-5-10(14)15/h1,3-4,7,12-13H,2,5-6H2,(H,14,15)(H2,11,18,19). The highest BCUT2D eigenvalue weighted by Crippen LogP contribution is 2.17. The zero-order valence-electron chi connectivity index (χ0n) is 10.8. The van der Waals surface area contributed by atoms with Gasteiger partial charge in [-0.2, -0.15) is 8.42 Å². The maximum absolute atomic E-state index is 11.7. The topological polar surface area (TPSA) is 156 Å². The van der Waals surface area contributed by atoms with Gasteiger partial charge < -0.3 is 5.11 Å². The van der Waals surface area contributed by atoms with Gasteiger partial charge in [-0.15, -0.1) is 0 Å². The normalized spacial score (nSPS) is 11.9. The molecule has 0 fully saturated rings. The predicted octanol–water partition coefficient (Wildman–Crippen LogP) is -0.0915. The lowest BCUT2D eigenvalue weighted by Gasteiger charge is -2.09. The largest absolute Gasteiger partial charge is 0.481 e. The fourth-order valence-electron chi connectivity index (χ4n) is 1.45. The lowest BCUT2D eigenvalue weighted by molar-refractivity contribution is -0.137. The van der Waals surface area contributed by atoms with Gasteiger partial charge in [-0.05, 0) is 24.6 Å². The molecular formula is C10H15N3O6S2. The van der Waals surface area contributed by atoms with Gasteiger partial charge in [-0.3, -0.25) is 14.2 Å². The van der Waals surface area contributed by atoms with Crippen LogP contribution >= 0.6 is 0 Å². The number of benzene rings is 1. The Balaban J connectivity index is 2.74. The Kier molecular flexibility index (Phi) is 5.52. The Bertz CT molecular complexity index is 714. The van der Waals surface area contributed by atoms with E-state index in [1.807, 2.05) is 4.72 Å². The van der Waals surface area contributed by atoms with E-state index in [-0.39, 0.29) is 30.0 Å². The van der Waals surface area contributed by atoms with Crippen LogP contribution in [-0.4, -0.2) is 33.7 Å². The van der Waals surface area contributed by atoms with E-state index in [2.05, 4.69) is 4.72 Å². The van der Waals surface area contributed by atoms with Crippen molar-refractivity contribution >= 4 is 37.6 Å². The molecular weight excluding hydrogens is 322 g/mol. The van der Waals surface area contributed by atoms with Crippen LogP contribution in [0.15, 0.2) is 24.3 Å². The van der Waals surface area contributed by atoms with Gasteiger partial charge in [-0.1, -0.05) is 6.07 Å². The zero-order valence-corrected chi connectivity index (χ0v) is 12.4. The third kappa shape index (κ3) is 7.48. The second-order valence-electron chi connectivity index (χ2n) is 4.15. The summed E-state index contributed by atoms with van der Waals surface area (Å²) in [6.07, 6.45) is -0.284. The summed E-state index contributed by atoms with van der Waals surface area (Å²) < 4.78 is 49.4. The highest BCUT2D eigenvalue weighted by molar-refractivity contribution is 7.92. The molecule has 1 aromatic carbocycles. The molecule has 0 saturated carbocycles. The molecule has 11 heteroatoms. The molecule has 0 aromatic heterocycles. The Morgan fingerprint density at radius 3 is 2.24 bits per heavy atom. The number of nitrogens with one attached hydrogen (secondary N) is 2. The van der Waals surface area contributed by atoms with Crippen molar-refractivity contribution in [3.05, 3.63) is 24.3 Å². The monoisotopic (exact) mass is 337 g/mol. The first-order chi connectivity index (χ1) is 9.57. The number of sulfonamides is 1. The van der Waals surface area contributed by atoms with Gasteiger partial charge in [0.25, 0.3) is 10.2 Å². The van der Waals surface area contributed by atoms with Crippen LogP contribution in [0.5, 0.6) is 0 Å². The van der Waals surface area contributed by atoms with Crippen LogP contribution in [0.25, 0.3) is 0 Å². The number of carboxylic acid groups (broad SMARTS) is 1. The molecule has 0 spiro atoms. The number of hydrogen-bond acceptors (Lipinski definition) is 5. The van der Waals surface area contributed by atoms with Crippen molar-refractivity contribution in [2.45, 2.75) is 12.8 Å². The van der Waals surface area contributed by atoms with Crippen LogP contribution < -0.4 is 14.6 Å². The molecule has 0 bridgehead atoms. The van der Waals surface area contributed by atoms with Gasteiger partial charge in [0.05, 0.1) is 17.1 Å². The highest BCUT2D eigenvalue weighted by atomic mass is 32.2. The number of carboxylic acids is 1. The first-order valence-corrected chi connectivity index (χ1v) is 8.90. The van der Waals surface area contributed by atoms with E-state index in [4.69, 9.17) is 10.2 Å². The van der Waals surface area contributed by atoms with Gasteiger partial charge in [0.15, 0.2) is 0 Å². The van der Waals surface area contributed by atoms with Crippen molar-refractivity contribution in [3.8, 4) is 0 Å². The quantitative estimate of drug-likeness (QED) is 0.519. The molecule has 0 atom stereocenters. The van der Waals surface area contributed by atoms with Crippen LogP contribution in [0.3, 0.4) is 0 Å². The summed E-state index contributed by atoms with van der Waals surface area (Å²) in [4.78, 5) is 10.3. The summed E-state index contributed by atoms with van der Waals surface area (Å²) in [7, 11) is -7.67. The van der Waals surface area contributed by atoms with E-state index in [0.29, 0.717) is 0 Å². The molecule has 0 aliphatic rings. The molecule has 118 valence electrons. The molecule has 21 heavy (non-hydrogen) atoms. The summed E-state index contributed by atoms with van der Waals surface area (Å²) in [5.74, 6) is -1.43. The number of anilines is 2. The average Bonchev–Trinajstić information content (AvgIpc) is 2.24. The molecule has 9 nitrogen and oxygen atoms in total. The van der Waals surface area contributed by atoms with Gasteiger partial charge in [0.1, 0.15) is 0 Å². The number of hydrogen-bond donors (Lipinski definition) is 4. The van der Waals surface area contributed by atoms with Crippen LogP contribution in [-0.2, 0) is 25.0 Å². The number of aliphatic carboxylic acids is 1. The molecule has 5 N–H and O–H groups in total. The molecule has 0 amide bonds. The first kappa shape index (κ1) is 17.2. The second kappa shape index (κ2) is 6.74. The van der Waals surface area contributed by atoms with Crippen molar-refractivity contribution < 1.29 is 26.7 Å². The zero-order chi connectivity index (χ0) is 16.1. The second-order valence-corrected chi connectivity index (χ2v) is 7.28. The van der Waals surface area contributed by atoms with Crippen molar-refractivity contribution in [3.63, 3.8) is 0 Å². The smallest absolute Gasteiger partial charge is 0.303 e. The fourth-order valence-corrected chi connectivity index (χ4v) is 3.02. The lowest BCUT2D eigenvalue weighted by Crippen LogP contribution is -2.22. The van der Waals surface area contributed by atoms with Crippen LogP contribution in [0.2, 0.25) is 0 Å². The minimum absolute atomic E-state index is 0.0280. The number of rotatable bonds is 8. The maximum Gasteiger partial charge on any atom is 0.303 e. The van der Waals surface area contributed by atoms with Gasteiger partial charge in [0, 0.05) is 6.42 Å². The Hall–Kier alpha value is -1.85. The summed E-state index contributed by atoms with van der Waals surface area (Å²) in [6.45, 7) is 0. The molecule has 0 saturated heterocycles. The molecule has 0 aliphatic carbocycles. The summed E-state index contributed by atoms with van der Waals surface area (Å²) in [6, 6.07) is 5.50. The van der Waals surface area contributed by atoms with Crippen LogP contribution in [0.1, 0.15) is 12.8 Å². The third-order valence-electron chi connectivity index (χ3n) is 2.20. The minimum atomic E-state index is -3.95. The lowest BCUT2D eigenvalue weighted by atomic mass is 10.3. The van der Waals surface area contributed by atoms with Crippen LogP contribution in [0, 0.1) is 0 Å². The predicted molar refractivity (Wildman–Crippen MR) is 77.5 cm³/mol. The average molecular weight is 337 g/mol. The van der Waals surface area contributed by atoms with Gasteiger partial charge in [0.2, 0.25) is 10.0 Å². The van der Waals surface area contributed by atoms with Crippen molar-refractivity contribution in [1.82, 2.24) is 0 Å². The molecule has 0 aliphatic heterocycles. The fraction of sp³-hybridized carbons (Fsp3) is 0.300. The number of nitrogens with two attached hydrogens (primary N) is 1. The van der Waals surface area contributed by atoms with Gasteiger partial charge in [-0.25, -0.2) is 13.6 Å². The molecule has 1 rings (SSSR count). The molecule has 0 radical (unpaired) electrons. The first-order valence-electron chi connectivity index (χ1n) is 5.70. The summed E-state index contributed by atoms with van der Waals surface area (Å²) >= 11 is 0. The Morgan fingerprint density at radius 2 is 1.71 bits per heavy atom. The van der Waals surface area contributed by atoms with Gasteiger partial charge >= 0.3 is 5.97 Å². The van der Waals surface area contributed by atoms with Crippen LogP contribution in [0.4, 0.5) is 11.4 Å². The van der Waals surface area contributed by atoms with E-state index in [0.717, 1.165) is 0 Å². The van der Waals surface area contributed by atoms with E-state index >= 15 is 0 Å². The highest BCUT2D eigenvalue weighted by Gasteiger charge is 2.12. The van der Waals surface area contributed by atoms with E-state index in [1.54, 1.807) is 0 Å². The SMILES string of the molecule is NS(=O)(=O)Nc1cccc(NS(=O)(=O)CCCC(=O)O)c1. The Labute approximate surface area is 122 Å². The molecule has 0 heterocycles. The number of carbonyl (C=O) groups is 1. The summed E-state index contributed by atoms with van der Waals surface area (Å²) in [5, 5.41) is 13.3. The van der Waals surface area contributed by atoms with Crippen molar-refractivity contribution in [1.29, 1.82) is 0 Å². The Morgan fingerprint density at radius 1 is 1.14 bits per heavy atom. The summed E-state index contributed by atoms with van der Waals surface area (Å²) in [5.41, 5.74) is 0.238. The third-order valence-corrected chi connectivity index (χ3v) is 4.09. The van der Waals surface area contributed by atoms with Crippen molar-refractivity contribution in [2.75, 3.05) is 15.2 Å². The van der Waals surface area contributed by atoms with E-state index < -0.39 is 26.2 Å². The van der Waals surface area contributed by atoms with E-state index in [1.165, 1.54) is 24.3 Å². The molecule has 1 aromatic rings. The van der Waals surface area contributed by atoms with Crippen molar-refractivity contribution in [2.24, 2.45) is 5.14 Å².